The molecule has 0 aliphatic rings. The third-order valence-corrected chi connectivity index (χ3v) is 2.71. The average Bonchev–Trinajstić information content (AvgIpc) is 2.52. The second-order valence-corrected chi connectivity index (χ2v) is 4.35. The molecule has 0 aromatic heterocycles. The lowest BCUT2D eigenvalue weighted by atomic mass is 10.1. The maximum absolute atomic E-state index is 11.8. The number of hydrogen-bond donors (Lipinski definition) is 2. The molecule has 0 unspecified atom stereocenters. The van der Waals surface area contributed by atoms with E-state index in [0.717, 1.165) is 5.56 Å². The summed E-state index contributed by atoms with van der Waals surface area (Å²) in [4.78, 5) is 22.9. The molecule has 0 bridgehead atoms. The molecule has 6 heteroatoms. The van der Waals surface area contributed by atoms with Crippen molar-refractivity contribution in [3.05, 3.63) is 47.7 Å². The number of nitriles is 1. The van der Waals surface area contributed by atoms with Crippen molar-refractivity contribution in [2.45, 2.75) is 13.3 Å². The van der Waals surface area contributed by atoms with Gasteiger partial charge in [-0.3, -0.25) is 9.59 Å². The van der Waals surface area contributed by atoms with Crippen LogP contribution < -0.4 is 10.6 Å². The average molecular weight is 301 g/mol. The van der Waals surface area contributed by atoms with Crippen LogP contribution in [0, 0.1) is 11.3 Å². The van der Waals surface area contributed by atoms with Gasteiger partial charge in [-0.05, 0) is 18.9 Å². The molecule has 2 N–H and O–H groups in total. The van der Waals surface area contributed by atoms with Crippen molar-refractivity contribution in [2.24, 2.45) is 0 Å². The van der Waals surface area contributed by atoms with E-state index in [4.69, 9.17) is 10.00 Å². The van der Waals surface area contributed by atoms with Crippen molar-refractivity contribution >= 4 is 11.9 Å². The molecule has 0 saturated carbocycles. The SMILES string of the molecule is CCOC(=O)CN/C=C(/C#N)C(=O)NCCc1ccccc1. The Morgan fingerprint density at radius 2 is 2.05 bits per heavy atom. The van der Waals surface area contributed by atoms with Gasteiger partial charge in [-0.1, -0.05) is 30.3 Å². The molecule has 0 aliphatic carbocycles. The lowest BCUT2D eigenvalue weighted by Crippen LogP contribution is -2.28. The minimum absolute atomic E-state index is 0.0858. The summed E-state index contributed by atoms with van der Waals surface area (Å²) in [7, 11) is 0. The zero-order chi connectivity index (χ0) is 16.2. The van der Waals surface area contributed by atoms with Crippen molar-refractivity contribution in [2.75, 3.05) is 19.7 Å². The molecule has 1 aromatic rings. The number of carbonyl (C=O) groups is 2. The molecule has 0 radical (unpaired) electrons. The van der Waals surface area contributed by atoms with Crippen molar-refractivity contribution in [1.82, 2.24) is 10.6 Å². The van der Waals surface area contributed by atoms with Crippen molar-refractivity contribution in [3.8, 4) is 6.07 Å². The Labute approximate surface area is 129 Å². The molecule has 1 aromatic carbocycles. The molecule has 0 fully saturated rings. The Kier molecular flexibility index (Phi) is 7.83. The highest BCUT2D eigenvalue weighted by Crippen LogP contribution is 1.98. The Morgan fingerprint density at radius 1 is 1.32 bits per heavy atom. The van der Waals surface area contributed by atoms with Gasteiger partial charge in [-0.15, -0.1) is 0 Å². The quantitative estimate of drug-likeness (QED) is 0.423. The normalized spacial score (nSPS) is 10.5. The van der Waals surface area contributed by atoms with Gasteiger partial charge in [0, 0.05) is 12.7 Å². The molecule has 1 amide bonds. The first kappa shape index (κ1) is 17.2. The lowest BCUT2D eigenvalue weighted by Gasteiger charge is -2.05. The molecule has 22 heavy (non-hydrogen) atoms. The second-order valence-electron chi connectivity index (χ2n) is 4.35. The number of esters is 1. The Morgan fingerprint density at radius 3 is 2.68 bits per heavy atom. The van der Waals surface area contributed by atoms with E-state index in [0.29, 0.717) is 13.0 Å². The van der Waals surface area contributed by atoms with E-state index >= 15 is 0 Å². The van der Waals surface area contributed by atoms with E-state index in [9.17, 15) is 9.59 Å². The fourth-order valence-electron chi connectivity index (χ4n) is 1.66. The molecule has 0 aliphatic heterocycles. The van der Waals surface area contributed by atoms with Gasteiger partial charge in [0.15, 0.2) is 0 Å². The predicted octanol–water partition coefficient (Wildman–Crippen LogP) is 0.905. The largest absolute Gasteiger partial charge is 0.465 e. The zero-order valence-corrected chi connectivity index (χ0v) is 12.5. The highest BCUT2D eigenvalue weighted by molar-refractivity contribution is 5.97. The van der Waals surface area contributed by atoms with Gasteiger partial charge in [0.1, 0.15) is 18.2 Å². The third kappa shape index (κ3) is 6.57. The van der Waals surface area contributed by atoms with Crippen LogP contribution in [-0.2, 0) is 20.7 Å². The van der Waals surface area contributed by atoms with Gasteiger partial charge < -0.3 is 15.4 Å². The van der Waals surface area contributed by atoms with E-state index < -0.39 is 11.9 Å². The summed E-state index contributed by atoms with van der Waals surface area (Å²) in [5.41, 5.74) is 1.02. The first-order valence-electron chi connectivity index (χ1n) is 6.98. The van der Waals surface area contributed by atoms with Gasteiger partial charge in [0.2, 0.25) is 0 Å². The van der Waals surface area contributed by atoms with Crippen molar-refractivity contribution < 1.29 is 14.3 Å². The fourth-order valence-corrected chi connectivity index (χ4v) is 1.66. The maximum atomic E-state index is 11.8. The minimum atomic E-state index is -0.477. The first-order valence-corrected chi connectivity index (χ1v) is 6.98. The second kappa shape index (κ2) is 10.00. The van der Waals surface area contributed by atoms with Gasteiger partial charge >= 0.3 is 5.97 Å². The third-order valence-electron chi connectivity index (χ3n) is 2.71. The van der Waals surface area contributed by atoms with Crippen LogP contribution in [0.15, 0.2) is 42.1 Å². The molecule has 116 valence electrons. The molecule has 1 rings (SSSR count). The highest BCUT2D eigenvalue weighted by Gasteiger charge is 2.08. The zero-order valence-electron chi connectivity index (χ0n) is 12.5. The van der Waals surface area contributed by atoms with Crippen LogP contribution in [0.1, 0.15) is 12.5 Å². The number of hydrogen-bond acceptors (Lipinski definition) is 5. The van der Waals surface area contributed by atoms with E-state index in [-0.39, 0.29) is 18.7 Å². The summed E-state index contributed by atoms with van der Waals surface area (Å²) in [6.45, 7) is 2.33. The van der Waals surface area contributed by atoms with Crippen LogP contribution >= 0.6 is 0 Å². The van der Waals surface area contributed by atoms with Crippen LogP contribution in [-0.4, -0.2) is 31.6 Å². The summed E-state index contributed by atoms with van der Waals surface area (Å²) in [6.07, 6.45) is 1.90. The van der Waals surface area contributed by atoms with Crippen LogP contribution in [0.3, 0.4) is 0 Å². The Balaban J connectivity index is 2.37. The first-order chi connectivity index (χ1) is 10.7. The highest BCUT2D eigenvalue weighted by atomic mass is 16.5. The summed E-state index contributed by atoms with van der Waals surface area (Å²) in [5, 5.41) is 14.2. The number of nitrogens with zero attached hydrogens (tertiary/aromatic N) is 1. The summed E-state index contributed by atoms with van der Waals surface area (Å²) in [6, 6.07) is 11.5. The molecule has 0 spiro atoms. The number of carbonyl (C=O) groups excluding carboxylic acids is 2. The Hall–Kier alpha value is -2.81. The number of amides is 1. The standard InChI is InChI=1S/C16H19N3O3/c1-2-22-15(20)12-18-11-14(10-17)16(21)19-9-8-13-6-4-3-5-7-13/h3-7,11,18H,2,8-9,12H2,1H3,(H,19,21)/b14-11-. The van der Waals surface area contributed by atoms with Crippen molar-refractivity contribution in [3.63, 3.8) is 0 Å². The monoisotopic (exact) mass is 301 g/mol. The van der Waals surface area contributed by atoms with Gasteiger partial charge in [0.05, 0.1) is 6.61 Å². The van der Waals surface area contributed by atoms with Crippen molar-refractivity contribution in [1.29, 1.82) is 5.26 Å². The van der Waals surface area contributed by atoms with Gasteiger partial charge in [-0.25, -0.2) is 0 Å². The summed E-state index contributed by atoms with van der Waals surface area (Å²) < 4.78 is 4.72. The number of ether oxygens (including phenoxy) is 1. The van der Waals surface area contributed by atoms with Crippen LogP contribution in [0.2, 0.25) is 0 Å². The summed E-state index contributed by atoms with van der Waals surface area (Å²) in [5.74, 6) is -0.921. The number of benzene rings is 1. The van der Waals surface area contributed by atoms with E-state index in [1.54, 1.807) is 13.0 Å². The smallest absolute Gasteiger partial charge is 0.325 e. The molecule has 6 nitrogen and oxygen atoms in total. The minimum Gasteiger partial charge on any atom is -0.465 e. The predicted molar refractivity (Wildman–Crippen MR) is 81.5 cm³/mol. The molecule has 0 heterocycles. The number of rotatable bonds is 8. The van der Waals surface area contributed by atoms with E-state index in [2.05, 4.69) is 10.6 Å². The number of nitrogens with one attached hydrogen (secondary N) is 2. The van der Waals surface area contributed by atoms with Gasteiger partial charge in [0.25, 0.3) is 5.91 Å². The molecular weight excluding hydrogens is 282 g/mol. The summed E-state index contributed by atoms with van der Waals surface area (Å²) >= 11 is 0. The van der Waals surface area contributed by atoms with Crippen LogP contribution in [0.5, 0.6) is 0 Å². The van der Waals surface area contributed by atoms with E-state index in [1.165, 1.54) is 6.20 Å². The Bertz CT molecular complexity index is 562. The topological polar surface area (TPSA) is 91.2 Å². The molecule has 0 saturated heterocycles. The maximum Gasteiger partial charge on any atom is 0.325 e. The van der Waals surface area contributed by atoms with Crippen LogP contribution in [0.4, 0.5) is 0 Å². The molecular formula is C16H19N3O3. The molecule has 0 atom stereocenters. The van der Waals surface area contributed by atoms with E-state index in [1.807, 2.05) is 30.3 Å². The van der Waals surface area contributed by atoms with Gasteiger partial charge in [-0.2, -0.15) is 5.26 Å². The van der Waals surface area contributed by atoms with Crippen LogP contribution in [0.25, 0.3) is 0 Å². The fraction of sp³-hybridized carbons (Fsp3) is 0.312. The lowest BCUT2D eigenvalue weighted by molar-refractivity contribution is -0.141.